The van der Waals surface area contributed by atoms with Crippen molar-refractivity contribution in [2.45, 2.75) is 45.1 Å². The summed E-state index contributed by atoms with van der Waals surface area (Å²) in [6, 6.07) is 5.46. The summed E-state index contributed by atoms with van der Waals surface area (Å²) in [5, 5.41) is 21.1. The largest absolute Gasteiger partial charge is 0.497 e. The standard InChI is InChI=1S/C24H31ClN2O6/c1-24(2,3)33-23(31)27-9-7-15(18(13-27)22(29)30)16(8-10-28)21-17-11-14(32-4)5-6-20(17)26-12-19(21)25/h5-6,11-12,15-16,18,28H,7-10,13H2,1-4H3,(H,29,30)/t15?,16-,18-/m1/s1. The van der Waals surface area contributed by atoms with Crippen LogP contribution in [0, 0.1) is 11.8 Å². The molecular formula is C24H31ClN2O6. The van der Waals surface area contributed by atoms with E-state index < -0.39 is 23.6 Å². The van der Waals surface area contributed by atoms with Crippen LogP contribution in [0.1, 0.15) is 45.1 Å². The van der Waals surface area contributed by atoms with Crippen LogP contribution in [0.25, 0.3) is 10.9 Å². The third-order valence-electron chi connectivity index (χ3n) is 6.03. The Bertz CT molecular complexity index is 1020. The van der Waals surface area contributed by atoms with Crippen LogP contribution < -0.4 is 4.74 Å². The number of methoxy groups -OCH3 is 1. The van der Waals surface area contributed by atoms with E-state index >= 15 is 0 Å². The number of aliphatic carboxylic acids is 1. The van der Waals surface area contributed by atoms with Gasteiger partial charge in [-0.15, -0.1) is 0 Å². The van der Waals surface area contributed by atoms with Crippen molar-refractivity contribution in [3.8, 4) is 5.75 Å². The Morgan fingerprint density at radius 2 is 2.06 bits per heavy atom. The highest BCUT2D eigenvalue weighted by Gasteiger charge is 2.42. The van der Waals surface area contributed by atoms with Crippen molar-refractivity contribution in [3.63, 3.8) is 0 Å². The minimum absolute atomic E-state index is 0.0286. The number of carbonyl (C=O) groups excluding carboxylic acids is 1. The molecule has 0 bridgehead atoms. The van der Waals surface area contributed by atoms with E-state index in [0.29, 0.717) is 35.7 Å². The van der Waals surface area contributed by atoms with Crippen LogP contribution in [0.15, 0.2) is 24.4 Å². The van der Waals surface area contributed by atoms with Gasteiger partial charge in [-0.05, 0) is 69.2 Å². The van der Waals surface area contributed by atoms with Gasteiger partial charge in [0.15, 0.2) is 0 Å². The predicted molar refractivity (Wildman–Crippen MR) is 125 cm³/mol. The van der Waals surface area contributed by atoms with E-state index in [0.717, 1.165) is 10.9 Å². The number of carboxylic acid groups (broad SMARTS) is 1. The first-order valence-corrected chi connectivity index (χ1v) is 11.4. The third kappa shape index (κ3) is 5.68. The minimum atomic E-state index is -0.997. The Morgan fingerprint density at radius 1 is 1.33 bits per heavy atom. The summed E-state index contributed by atoms with van der Waals surface area (Å²) in [5.41, 5.74) is 0.780. The lowest BCUT2D eigenvalue weighted by atomic mass is 9.72. The van der Waals surface area contributed by atoms with Gasteiger partial charge in [-0.2, -0.15) is 0 Å². The Kier molecular flexibility index (Phi) is 7.69. The molecule has 2 heterocycles. The Hall–Kier alpha value is -2.58. The normalized spacial score (nSPS) is 19.9. The first-order chi connectivity index (χ1) is 15.6. The molecule has 0 radical (unpaired) electrons. The summed E-state index contributed by atoms with van der Waals surface area (Å²) in [6.07, 6.45) is 1.80. The van der Waals surface area contributed by atoms with Gasteiger partial charge in [-0.25, -0.2) is 4.79 Å². The third-order valence-corrected chi connectivity index (χ3v) is 6.33. The maximum absolute atomic E-state index is 12.6. The first-order valence-electron chi connectivity index (χ1n) is 11.0. The van der Waals surface area contributed by atoms with Gasteiger partial charge in [-0.1, -0.05) is 11.6 Å². The minimum Gasteiger partial charge on any atom is -0.497 e. The highest BCUT2D eigenvalue weighted by Crippen LogP contribution is 2.44. The van der Waals surface area contributed by atoms with Gasteiger partial charge in [0.2, 0.25) is 0 Å². The number of piperidine rings is 1. The molecule has 2 aromatic rings. The second-order valence-electron chi connectivity index (χ2n) is 9.35. The lowest BCUT2D eigenvalue weighted by Crippen LogP contribution is -2.49. The van der Waals surface area contributed by atoms with Crippen LogP contribution >= 0.6 is 11.6 Å². The molecule has 1 aromatic heterocycles. The molecule has 1 amide bonds. The van der Waals surface area contributed by atoms with Crippen molar-refractivity contribution in [3.05, 3.63) is 35.0 Å². The molecule has 1 aliphatic rings. The molecule has 1 aliphatic heterocycles. The van der Waals surface area contributed by atoms with Crippen LogP contribution in [-0.4, -0.2) is 64.6 Å². The number of aliphatic hydroxyl groups excluding tert-OH is 1. The van der Waals surface area contributed by atoms with Crippen LogP contribution in [0.3, 0.4) is 0 Å². The second-order valence-corrected chi connectivity index (χ2v) is 9.75. The molecule has 33 heavy (non-hydrogen) atoms. The number of fused-ring (bicyclic) bond motifs is 1. The summed E-state index contributed by atoms with van der Waals surface area (Å²) in [6.45, 7) is 5.57. The van der Waals surface area contributed by atoms with Crippen LogP contribution in [-0.2, 0) is 9.53 Å². The van der Waals surface area contributed by atoms with Crippen molar-refractivity contribution in [2.24, 2.45) is 11.8 Å². The van der Waals surface area contributed by atoms with Gasteiger partial charge in [0.05, 0.1) is 23.6 Å². The van der Waals surface area contributed by atoms with Gasteiger partial charge in [0.25, 0.3) is 0 Å². The number of amides is 1. The second kappa shape index (κ2) is 10.1. The molecule has 3 atom stereocenters. The molecular weight excluding hydrogens is 448 g/mol. The van der Waals surface area contributed by atoms with Crippen LogP contribution in [0.5, 0.6) is 5.75 Å². The maximum Gasteiger partial charge on any atom is 0.410 e. The Balaban J connectivity index is 2.01. The number of aliphatic hydroxyl groups is 1. The van der Waals surface area contributed by atoms with E-state index in [2.05, 4.69) is 4.98 Å². The topological polar surface area (TPSA) is 109 Å². The SMILES string of the molecule is COc1ccc2ncc(Cl)c([C@H](CCO)C3CCN(C(=O)OC(C)(C)C)C[C@H]3C(=O)O)c2c1. The molecule has 8 nitrogen and oxygen atoms in total. The molecule has 1 unspecified atom stereocenters. The zero-order chi connectivity index (χ0) is 24.3. The zero-order valence-corrected chi connectivity index (χ0v) is 20.1. The number of likely N-dealkylation sites (tertiary alicyclic amines) is 1. The molecule has 0 spiro atoms. The van der Waals surface area contributed by atoms with Crippen molar-refractivity contribution in [1.82, 2.24) is 9.88 Å². The molecule has 0 saturated carbocycles. The fraction of sp³-hybridized carbons (Fsp3) is 0.542. The van der Waals surface area contributed by atoms with Crippen LogP contribution in [0.2, 0.25) is 5.02 Å². The summed E-state index contributed by atoms with van der Waals surface area (Å²) in [7, 11) is 1.57. The average molecular weight is 479 g/mol. The molecule has 1 fully saturated rings. The number of halogens is 1. The van der Waals surface area contributed by atoms with E-state index in [-0.39, 0.29) is 25.0 Å². The zero-order valence-electron chi connectivity index (χ0n) is 19.4. The predicted octanol–water partition coefficient (Wildman–Crippen LogP) is 4.32. The van der Waals surface area contributed by atoms with E-state index in [1.54, 1.807) is 40.1 Å². The molecule has 2 N–H and O–H groups in total. The van der Waals surface area contributed by atoms with Crippen LogP contribution in [0.4, 0.5) is 4.79 Å². The first kappa shape index (κ1) is 25.1. The fourth-order valence-electron chi connectivity index (χ4n) is 4.59. The highest BCUT2D eigenvalue weighted by molar-refractivity contribution is 6.32. The fourth-order valence-corrected chi connectivity index (χ4v) is 4.88. The number of hydrogen-bond donors (Lipinski definition) is 2. The van der Waals surface area contributed by atoms with Crippen molar-refractivity contribution >= 4 is 34.6 Å². The average Bonchev–Trinajstić information content (AvgIpc) is 2.76. The summed E-state index contributed by atoms with van der Waals surface area (Å²) in [4.78, 5) is 30.7. The summed E-state index contributed by atoms with van der Waals surface area (Å²) in [5.74, 6) is -1.90. The number of rotatable bonds is 6. The number of carboxylic acids is 1. The molecule has 1 saturated heterocycles. The number of aromatic nitrogens is 1. The maximum atomic E-state index is 12.6. The molecule has 0 aliphatic carbocycles. The smallest absolute Gasteiger partial charge is 0.410 e. The van der Waals surface area contributed by atoms with Crippen molar-refractivity contribution < 1.29 is 29.3 Å². The van der Waals surface area contributed by atoms with E-state index in [1.807, 2.05) is 12.1 Å². The Labute approximate surface area is 198 Å². The number of carbonyl (C=O) groups is 2. The molecule has 9 heteroatoms. The number of benzene rings is 1. The number of pyridine rings is 1. The van der Waals surface area contributed by atoms with Gasteiger partial charge in [0, 0.05) is 31.3 Å². The van der Waals surface area contributed by atoms with Crippen molar-refractivity contribution in [1.29, 1.82) is 0 Å². The number of hydrogen-bond acceptors (Lipinski definition) is 6. The van der Waals surface area contributed by atoms with E-state index in [1.165, 1.54) is 4.90 Å². The molecule has 180 valence electrons. The number of nitrogens with zero attached hydrogens (tertiary/aromatic N) is 2. The molecule has 3 rings (SSSR count). The lowest BCUT2D eigenvalue weighted by Gasteiger charge is -2.41. The van der Waals surface area contributed by atoms with Gasteiger partial charge < -0.3 is 24.6 Å². The highest BCUT2D eigenvalue weighted by atomic mass is 35.5. The monoisotopic (exact) mass is 478 g/mol. The Morgan fingerprint density at radius 3 is 2.67 bits per heavy atom. The summed E-state index contributed by atoms with van der Waals surface area (Å²) < 4.78 is 10.8. The number of ether oxygens (including phenoxy) is 2. The molecule has 1 aromatic carbocycles. The van der Waals surface area contributed by atoms with Gasteiger partial charge in [0.1, 0.15) is 11.4 Å². The van der Waals surface area contributed by atoms with E-state index in [4.69, 9.17) is 21.1 Å². The van der Waals surface area contributed by atoms with E-state index in [9.17, 15) is 19.8 Å². The lowest BCUT2D eigenvalue weighted by molar-refractivity contribution is -0.146. The van der Waals surface area contributed by atoms with Gasteiger partial charge in [-0.3, -0.25) is 9.78 Å². The quantitative estimate of drug-likeness (QED) is 0.636. The van der Waals surface area contributed by atoms with Crippen molar-refractivity contribution in [2.75, 3.05) is 26.8 Å². The van der Waals surface area contributed by atoms with Gasteiger partial charge >= 0.3 is 12.1 Å². The summed E-state index contributed by atoms with van der Waals surface area (Å²) >= 11 is 6.61.